The molecule has 0 aromatic carbocycles. The number of aliphatic hydroxyl groups is 2. The van der Waals surface area contributed by atoms with E-state index in [2.05, 4.69) is 45.2 Å². The Morgan fingerprint density at radius 2 is 1.21 bits per heavy atom. The Labute approximate surface area is 111 Å². The first kappa shape index (κ1) is 15.0. The highest BCUT2D eigenvalue weighted by Gasteiger charge is 2.01. The third-order valence-corrected chi connectivity index (χ3v) is 4.18. The first-order valence-corrected chi connectivity index (χ1v) is 6.28. The van der Waals surface area contributed by atoms with Crippen LogP contribution >= 0.6 is 45.2 Å². The predicted octanol–water partition coefficient (Wildman–Crippen LogP) is 1.09. The molecule has 0 atom stereocenters. The zero-order valence-corrected chi connectivity index (χ0v) is 12.0. The molecule has 0 spiro atoms. The van der Waals surface area contributed by atoms with Crippen molar-refractivity contribution in [2.24, 2.45) is 0 Å². The Morgan fingerprint density at radius 1 is 0.857 bits per heavy atom. The standard InChI is InChI=1S/C8H14I2O4/c9-7(5-13-3-1-11)8(10)6-14-4-2-12/h11-12H,1-6H2. The summed E-state index contributed by atoms with van der Waals surface area (Å²) in [6, 6.07) is 0. The van der Waals surface area contributed by atoms with Crippen molar-refractivity contribution in [3.8, 4) is 0 Å². The van der Waals surface area contributed by atoms with Gasteiger partial charge in [0.2, 0.25) is 0 Å². The van der Waals surface area contributed by atoms with Crippen molar-refractivity contribution in [3.63, 3.8) is 0 Å². The van der Waals surface area contributed by atoms with Crippen molar-refractivity contribution in [1.82, 2.24) is 0 Å². The lowest BCUT2D eigenvalue weighted by Gasteiger charge is -2.06. The van der Waals surface area contributed by atoms with E-state index in [1.54, 1.807) is 0 Å². The van der Waals surface area contributed by atoms with Crippen LogP contribution in [0.15, 0.2) is 7.16 Å². The molecule has 0 bridgehead atoms. The fourth-order valence-electron chi connectivity index (χ4n) is 0.609. The van der Waals surface area contributed by atoms with E-state index in [0.29, 0.717) is 26.4 Å². The molecule has 0 heterocycles. The van der Waals surface area contributed by atoms with Crippen LogP contribution in [0.4, 0.5) is 0 Å². The second-order valence-corrected chi connectivity index (χ2v) is 4.97. The SMILES string of the molecule is OCCOCC(I)=C(I)COCCO. The Hall–Kier alpha value is 1.04. The van der Waals surface area contributed by atoms with E-state index in [-0.39, 0.29) is 13.2 Å². The normalized spacial score (nSPS) is 12.9. The van der Waals surface area contributed by atoms with E-state index < -0.39 is 0 Å². The number of ether oxygens (including phenoxy) is 2. The number of aliphatic hydroxyl groups excluding tert-OH is 2. The zero-order valence-electron chi connectivity index (χ0n) is 7.71. The average Bonchev–Trinajstić information content (AvgIpc) is 2.18. The van der Waals surface area contributed by atoms with Gasteiger partial charge in [-0.1, -0.05) is 0 Å². The van der Waals surface area contributed by atoms with Gasteiger partial charge < -0.3 is 19.7 Å². The molecular formula is C8H14I2O4. The molecule has 0 aliphatic carbocycles. The van der Waals surface area contributed by atoms with Crippen LogP contribution in [0, 0.1) is 0 Å². The summed E-state index contributed by atoms with van der Waals surface area (Å²) in [6.45, 7) is 1.80. The summed E-state index contributed by atoms with van der Waals surface area (Å²) in [5, 5.41) is 17.0. The summed E-state index contributed by atoms with van der Waals surface area (Å²) >= 11 is 4.36. The molecule has 0 saturated heterocycles. The van der Waals surface area contributed by atoms with Crippen LogP contribution < -0.4 is 0 Å². The fraction of sp³-hybridized carbons (Fsp3) is 0.750. The van der Waals surface area contributed by atoms with Gasteiger partial charge in [0, 0.05) is 7.16 Å². The maximum atomic E-state index is 8.49. The van der Waals surface area contributed by atoms with E-state index in [9.17, 15) is 0 Å². The van der Waals surface area contributed by atoms with Crippen LogP contribution in [0.1, 0.15) is 0 Å². The van der Waals surface area contributed by atoms with Crippen molar-refractivity contribution >= 4 is 45.2 Å². The minimum atomic E-state index is 0.0432. The Kier molecular flexibility index (Phi) is 11.3. The summed E-state index contributed by atoms with van der Waals surface area (Å²) in [7, 11) is 0. The van der Waals surface area contributed by atoms with E-state index in [1.165, 1.54) is 0 Å². The number of hydrogen-bond donors (Lipinski definition) is 2. The molecule has 0 aliphatic heterocycles. The van der Waals surface area contributed by atoms with Gasteiger partial charge in [-0.05, 0) is 45.2 Å². The highest BCUT2D eigenvalue weighted by molar-refractivity contribution is 14.1. The fourth-order valence-corrected chi connectivity index (χ4v) is 1.36. The molecule has 2 N–H and O–H groups in total. The van der Waals surface area contributed by atoms with Gasteiger partial charge in [0.25, 0.3) is 0 Å². The largest absolute Gasteiger partial charge is 0.394 e. The highest BCUT2D eigenvalue weighted by atomic mass is 127. The van der Waals surface area contributed by atoms with Gasteiger partial charge in [-0.25, -0.2) is 0 Å². The summed E-state index contributed by atoms with van der Waals surface area (Å²) < 4.78 is 12.4. The maximum Gasteiger partial charge on any atom is 0.0783 e. The first-order chi connectivity index (χ1) is 6.72. The summed E-state index contributed by atoms with van der Waals surface area (Å²) in [5.74, 6) is 0. The van der Waals surface area contributed by atoms with Crippen molar-refractivity contribution < 1.29 is 19.7 Å². The molecule has 0 aliphatic rings. The van der Waals surface area contributed by atoms with Crippen molar-refractivity contribution in [1.29, 1.82) is 0 Å². The van der Waals surface area contributed by atoms with Gasteiger partial charge in [-0.3, -0.25) is 0 Å². The molecule has 0 aromatic heterocycles. The number of hydrogen-bond acceptors (Lipinski definition) is 4. The van der Waals surface area contributed by atoms with Crippen LogP contribution in [0.2, 0.25) is 0 Å². The van der Waals surface area contributed by atoms with Gasteiger partial charge in [-0.2, -0.15) is 0 Å². The van der Waals surface area contributed by atoms with Gasteiger partial charge >= 0.3 is 0 Å². The molecule has 4 nitrogen and oxygen atoms in total. The highest BCUT2D eigenvalue weighted by Crippen LogP contribution is 2.19. The van der Waals surface area contributed by atoms with Gasteiger partial charge in [-0.15, -0.1) is 0 Å². The molecule has 14 heavy (non-hydrogen) atoms. The molecule has 0 amide bonds. The van der Waals surface area contributed by atoms with Crippen LogP contribution in [0.3, 0.4) is 0 Å². The molecule has 84 valence electrons. The smallest absolute Gasteiger partial charge is 0.0783 e. The zero-order chi connectivity index (χ0) is 10.8. The van der Waals surface area contributed by atoms with Crippen LogP contribution in [-0.2, 0) is 9.47 Å². The topological polar surface area (TPSA) is 58.9 Å². The van der Waals surface area contributed by atoms with Gasteiger partial charge in [0.15, 0.2) is 0 Å². The van der Waals surface area contributed by atoms with Crippen molar-refractivity contribution in [2.45, 2.75) is 0 Å². The minimum absolute atomic E-state index is 0.0432. The minimum Gasteiger partial charge on any atom is -0.394 e. The first-order valence-electron chi connectivity index (χ1n) is 4.12. The molecule has 0 aromatic rings. The summed E-state index contributed by atoms with van der Waals surface area (Å²) in [5.41, 5.74) is 0. The lowest BCUT2D eigenvalue weighted by molar-refractivity contribution is 0.105. The molecule has 6 heteroatoms. The van der Waals surface area contributed by atoms with E-state index >= 15 is 0 Å². The van der Waals surface area contributed by atoms with E-state index in [1.807, 2.05) is 0 Å². The summed E-state index contributed by atoms with van der Waals surface area (Å²) in [4.78, 5) is 0. The molecule has 0 saturated carbocycles. The van der Waals surface area contributed by atoms with Gasteiger partial charge in [0.05, 0.1) is 39.6 Å². The lowest BCUT2D eigenvalue weighted by atomic mass is 10.5. The van der Waals surface area contributed by atoms with Crippen LogP contribution in [0.25, 0.3) is 0 Å². The second-order valence-electron chi connectivity index (χ2n) is 2.36. The monoisotopic (exact) mass is 428 g/mol. The third-order valence-electron chi connectivity index (χ3n) is 1.22. The maximum absolute atomic E-state index is 8.49. The van der Waals surface area contributed by atoms with Crippen molar-refractivity contribution in [2.75, 3.05) is 39.6 Å². The van der Waals surface area contributed by atoms with Crippen molar-refractivity contribution in [3.05, 3.63) is 7.16 Å². The number of halogens is 2. The quantitative estimate of drug-likeness (QED) is 0.449. The molecule has 0 radical (unpaired) electrons. The number of rotatable bonds is 8. The van der Waals surface area contributed by atoms with E-state index in [4.69, 9.17) is 19.7 Å². The molecular weight excluding hydrogens is 414 g/mol. The Balaban J connectivity index is 3.66. The second kappa shape index (κ2) is 10.6. The van der Waals surface area contributed by atoms with Crippen LogP contribution in [-0.4, -0.2) is 49.9 Å². The lowest BCUT2D eigenvalue weighted by Crippen LogP contribution is -2.04. The Bertz CT molecular complexity index is 155. The van der Waals surface area contributed by atoms with Crippen LogP contribution in [0.5, 0.6) is 0 Å². The average molecular weight is 428 g/mol. The predicted molar refractivity (Wildman–Crippen MR) is 70.9 cm³/mol. The molecule has 0 fully saturated rings. The Morgan fingerprint density at radius 3 is 1.50 bits per heavy atom. The molecule has 0 unspecified atom stereocenters. The third kappa shape index (κ3) is 8.36. The van der Waals surface area contributed by atoms with E-state index in [0.717, 1.165) is 7.16 Å². The summed E-state index contributed by atoms with van der Waals surface area (Å²) in [6.07, 6.45) is 0. The van der Waals surface area contributed by atoms with Gasteiger partial charge in [0.1, 0.15) is 0 Å². The molecule has 0 rings (SSSR count).